The molecule has 1 atom stereocenters. The van der Waals surface area contributed by atoms with Gasteiger partial charge in [0.15, 0.2) is 0 Å². The molecule has 5 N–H and O–H groups in total. The predicted molar refractivity (Wildman–Crippen MR) is 136 cm³/mol. The molecule has 11 heteroatoms. The zero-order chi connectivity index (χ0) is 26.0. The number of esters is 1. The maximum absolute atomic E-state index is 12.5. The average Bonchev–Trinajstić information content (AvgIpc) is 2.87. The fourth-order valence-corrected chi connectivity index (χ4v) is 3.57. The van der Waals surface area contributed by atoms with Crippen molar-refractivity contribution >= 4 is 17.8 Å². The number of ether oxygens (including phenoxy) is 2. The van der Waals surface area contributed by atoms with Crippen LogP contribution in [0.2, 0.25) is 0 Å². The Labute approximate surface area is 213 Å². The van der Waals surface area contributed by atoms with Crippen LogP contribution in [0.4, 0.5) is 0 Å². The summed E-state index contributed by atoms with van der Waals surface area (Å²) in [6.07, 6.45) is 5.42. The molecule has 1 aliphatic heterocycles. The van der Waals surface area contributed by atoms with Gasteiger partial charge in [-0.1, -0.05) is 18.1 Å². The van der Waals surface area contributed by atoms with Gasteiger partial charge in [-0.2, -0.15) is 0 Å². The largest absolute Gasteiger partial charge is 0.481 e. The highest BCUT2D eigenvalue weighted by Crippen LogP contribution is 2.13. The van der Waals surface area contributed by atoms with E-state index in [1.54, 1.807) is 24.3 Å². The molecule has 198 valence electrons. The first-order valence-corrected chi connectivity index (χ1v) is 12.2. The fourth-order valence-electron chi connectivity index (χ4n) is 3.57. The summed E-state index contributed by atoms with van der Waals surface area (Å²) in [5.74, 6) is 1.70. The van der Waals surface area contributed by atoms with E-state index in [9.17, 15) is 14.4 Å². The maximum atomic E-state index is 12.5. The van der Waals surface area contributed by atoms with Crippen LogP contribution in [0.15, 0.2) is 24.3 Å². The first-order chi connectivity index (χ1) is 17.5. The van der Waals surface area contributed by atoms with Gasteiger partial charge in [0.25, 0.3) is 0 Å². The minimum absolute atomic E-state index is 0.162. The fraction of sp³-hybridized carbons (Fsp3) is 0.560. The van der Waals surface area contributed by atoms with Gasteiger partial charge < -0.3 is 36.1 Å². The van der Waals surface area contributed by atoms with Gasteiger partial charge in [-0.3, -0.25) is 14.5 Å². The van der Waals surface area contributed by atoms with E-state index in [0.29, 0.717) is 5.75 Å². The molecule has 0 unspecified atom stereocenters. The quantitative estimate of drug-likeness (QED) is 0.184. The first kappa shape index (κ1) is 29.1. The van der Waals surface area contributed by atoms with Gasteiger partial charge in [0, 0.05) is 58.8 Å². The van der Waals surface area contributed by atoms with Crippen molar-refractivity contribution in [3.8, 4) is 18.1 Å². The van der Waals surface area contributed by atoms with E-state index < -0.39 is 17.9 Å². The number of carbonyl (C=O) groups excluding carboxylic acids is 3. The third-order valence-electron chi connectivity index (χ3n) is 5.49. The summed E-state index contributed by atoms with van der Waals surface area (Å²) in [7, 11) is 1.26. The van der Waals surface area contributed by atoms with Crippen molar-refractivity contribution in [1.82, 2.24) is 31.5 Å². The Morgan fingerprint density at radius 3 is 2.19 bits per heavy atom. The van der Waals surface area contributed by atoms with Crippen LogP contribution >= 0.6 is 0 Å². The standard InChI is InChI=1S/C25H38N6O5/c1-3-16-36-21-6-4-20(5-7-21)17-22(25(34)35-2)30-23(32)18-29-24(33)19-31-14-12-27-10-8-26-9-11-28-13-15-31/h1,4-7,22,26-28H,8-19H2,2H3,(H,29,33)(H,30,32)/t22-/m0/s1. The Balaban J connectivity index is 1.81. The van der Waals surface area contributed by atoms with Gasteiger partial charge >= 0.3 is 5.97 Å². The van der Waals surface area contributed by atoms with E-state index >= 15 is 0 Å². The Morgan fingerprint density at radius 2 is 1.61 bits per heavy atom. The highest BCUT2D eigenvalue weighted by atomic mass is 16.5. The number of rotatable bonds is 10. The van der Waals surface area contributed by atoms with Crippen molar-refractivity contribution < 1.29 is 23.9 Å². The lowest BCUT2D eigenvalue weighted by molar-refractivity contribution is -0.145. The minimum Gasteiger partial charge on any atom is -0.481 e. The monoisotopic (exact) mass is 502 g/mol. The van der Waals surface area contributed by atoms with E-state index in [4.69, 9.17) is 15.9 Å². The summed E-state index contributed by atoms with van der Waals surface area (Å²) in [5.41, 5.74) is 0.802. The van der Waals surface area contributed by atoms with Crippen LogP contribution in [0, 0.1) is 12.3 Å². The molecule has 0 aromatic heterocycles. The van der Waals surface area contributed by atoms with Crippen LogP contribution < -0.4 is 31.3 Å². The molecule has 1 aromatic carbocycles. The van der Waals surface area contributed by atoms with E-state index in [1.807, 2.05) is 4.90 Å². The van der Waals surface area contributed by atoms with Crippen LogP contribution in [-0.4, -0.2) is 108 Å². The van der Waals surface area contributed by atoms with Crippen molar-refractivity contribution in [2.45, 2.75) is 12.5 Å². The van der Waals surface area contributed by atoms with Gasteiger partial charge in [-0.25, -0.2) is 4.79 Å². The van der Waals surface area contributed by atoms with E-state index in [0.717, 1.165) is 57.9 Å². The molecule has 2 amide bonds. The number of terminal acetylenes is 1. The Kier molecular flexibility index (Phi) is 14.0. The van der Waals surface area contributed by atoms with Crippen molar-refractivity contribution in [3.63, 3.8) is 0 Å². The lowest BCUT2D eigenvalue weighted by atomic mass is 10.1. The topological polar surface area (TPSA) is 133 Å². The Hall–Kier alpha value is -3.17. The predicted octanol–water partition coefficient (Wildman–Crippen LogP) is -1.90. The number of hydrogen-bond donors (Lipinski definition) is 5. The molecule has 0 spiro atoms. The molecule has 1 aromatic rings. The molecule has 0 saturated carbocycles. The molecule has 0 radical (unpaired) electrons. The Morgan fingerprint density at radius 1 is 1.00 bits per heavy atom. The highest BCUT2D eigenvalue weighted by molar-refractivity contribution is 5.88. The third-order valence-corrected chi connectivity index (χ3v) is 5.49. The molecule has 2 rings (SSSR count). The smallest absolute Gasteiger partial charge is 0.328 e. The van der Waals surface area contributed by atoms with Gasteiger partial charge in [0.1, 0.15) is 18.4 Å². The van der Waals surface area contributed by atoms with Crippen LogP contribution in [0.1, 0.15) is 5.56 Å². The molecule has 36 heavy (non-hydrogen) atoms. The number of carbonyl (C=O) groups is 3. The van der Waals surface area contributed by atoms with Crippen LogP contribution in [-0.2, 0) is 25.5 Å². The third kappa shape index (κ3) is 12.0. The Bertz CT molecular complexity index is 845. The number of amides is 2. The zero-order valence-electron chi connectivity index (χ0n) is 20.9. The molecule has 0 bridgehead atoms. The highest BCUT2D eigenvalue weighted by Gasteiger charge is 2.22. The summed E-state index contributed by atoms with van der Waals surface area (Å²) >= 11 is 0. The average molecular weight is 503 g/mol. The maximum Gasteiger partial charge on any atom is 0.328 e. The van der Waals surface area contributed by atoms with Crippen molar-refractivity contribution in [2.24, 2.45) is 0 Å². The molecule has 0 aliphatic carbocycles. The molecule has 1 fully saturated rings. The van der Waals surface area contributed by atoms with Gasteiger partial charge in [0.2, 0.25) is 11.8 Å². The minimum atomic E-state index is -0.890. The van der Waals surface area contributed by atoms with E-state index in [1.165, 1.54) is 7.11 Å². The summed E-state index contributed by atoms with van der Waals surface area (Å²) in [5, 5.41) is 15.3. The van der Waals surface area contributed by atoms with Crippen molar-refractivity contribution in [3.05, 3.63) is 29.8 Å². The van der Waals surface area contributed by atoms with Crippen molar-refractivity contribution in [2.75, 3.05) is 79.2 Å². The molecule has 1 heterocycles. The van der Waals surface area contributed by atoms with Gasteiger partial charge in [0.05, 0.1) is 20.2 Å². The second-order valence-electron chi connectivity index (χ2n) is 8.29. The molecular formula is C25H38N6O5. The number of benzene rings is 1. The SMILES string of the molecule is C#CCOc1ccc(C[C@H](NC(=O)CNC(=O)CN2CCNCCNCCNCC2)C(=O)OC)cc1. The molecule has 11 nitrogen and oxygen atoms in total. The van der Waals surface area contributed by atoms with Crippen LogP contribution in [0.3, 0.4) is 0 Å². The molecular weight excluding hydrogens is 464 g/mol. The van der Waals surface area contributed by atoms with Crippen molar-refractivity contribution in [1.29, 1.82) is 0 Å². The number of methoxy groups -OCH3 is 1. The number of nitrogens with one attached hydrogen (secondary N) is 5. The van der Waals surface area contributed by atoms with E-state index in [-0.39, 0.29) is 32.0 Å². The molecule has 1 saturated heterocycles. The second-order valence-corrected chi connectivity index (χ2v) is 8.29. The van der Waals surface area contributed by atoms with Gasteiger partial charge in [-0.05, 0) is 17.7 Å². The summed E-state index contributed by atoms with van der Waals surface area (Å²) < 4.78 is 10.2. The summed E-state index contributed by atoms with van der Waals surface area (Å²) in [4.78, 5) is 39.2. The zero-order valence-corrected chi connectivity index (χ0v) is 20.9. The summed E-state index contributed by atoms with van der Waals surface area (Å²) in [6.45, 7) is 6.62. The van der Waals surface area contributed by atoms with E-state index in [2.05, 4.69) is 32.5 Å². The number of nitrogens with zero attached hydrogens (tertiary/aromatic N) is 1. The van der Waals surface area contributed by atoms with Crippen LogP contribution in [0.5, 0.6) is 5.75 Å². The van der Waals surface area contributed by atoms with Gasteiger partial charge in [-0.15, -0.1) is 6.42 Å². The first-order valence-electron chi connectivity index (χ1n) is 12.2. The van der Waals surface area contributed by atoms with Crippen LogP contribution in [0.25, 0.3) is 0 Å². The summed E-state index contributed by atoms with van der Waals surface area (Å²) in [6, 6.07) is 6.16. The number of hydrogen-bond acceptors (Lipinski definition) is 9. The molecule has 1 aliphatic rings. The normalized spacial score (nSPS) is 16.3. The lowest BCUT2D eigenvalue weighted by Crippen LogP contribution is -2.49. The lowest BCUT2D eigenvalue weighted by Gasteiger charge is -2.23. The second kappa shape index (κ2) is 17.3.